The van der Waals surface area contributed by atoms with Crippen molar-refractivity contribution in [2.24, 2.45) is 5.92 Å². The number of carbonyl (C=O) groups excluding carboxylic acids is 5. The molecule has 0 saturated carbocycles. The van der Waals surface area contributed by atoms with Crippen LogP contribution in [0.5, 0.6) is 5.75 Å². The number of nitrogens with one attached hydrogen (secondary N) is 4. The van der Waals surface area contributed by atoms with E-state index >= 15 is 0 Å². The van der Waals surface area contributed by atoms with E-state index < -0.39 is 12.1 Å². The molecule has 2 bridgehead atoms. The lowest BCUT2D eigenvalue weighted by molar-refractivity contribution is -0.136. The highest BCUT2D eigenvalue weighted by Crippen LogP contribution is 2.14. The van der Waals surface area contributed by atoms with Crippen LogP contribution in [0, 0.1) is 5.92 Å². The summed E-state index contributed by atoms with van der Waals surface area (Å²) in [5.41, 5.74) is 1.83. The molecule has 2 aliphatic rings. The normalized spacial score (nSPS) is 19.6. The van der Waals surface area contributed by atoms with E-state index in [0.29, 0.717) is 25.0 Å². The van der Waals surface area contributed by atoms with Gasteiger partial charge in [0.2, 0.25) is 23.6 Å². The van der Waals surface area contributed by atoms with Crippen molar-refractivity contribution in [1.29, 1.82) is 0 Å². The Balaban J connectivity index is 1.70. The van der Waals surface area contributed by atoms with Gasteiger partial charge in [-0.05, 0) is 48.4 Å². The second-order valence-electron chi connectivity index (χ2n) is 11.5. The summed E-state index contributed by atoms with van der Waals surface area (Å²) < 4.78 is 5.60. The van der Waals surface area contributed by atoms with Crippen LogP contribution in [0.2, 0.25) is 0 Å². The molecule has 2 aliphatic heterocycles. The Labute approximate surface area is 259 Å². The summed E-state index contributed by atoms with van der Waals surface area (Å²) in [6.45, 7) is 4.50. The summed E-state index contributed by atoms with van der Waals surface area (Å²) in [4.78, 5) is 65.7. The van der Waals surface area contributed by atoms with E-state index in [4.69, 9.17) is 4.74 Å². The number of hydrogen-bond donors (Lipinski definition) is 4. The minimum atomic E-state index is -0.828. The third kappa shape index (κ3) is 12.1. The predicted molar refractivity (Wildman–Crippen MR) is 167 cm³/mol. The molecule has 2 aromatic carbocycles. The molecule has 0 fully saturated rings. The zero-order chi connectivity index (χ0) is 31.9. The third-order valence-electron chi connectivity index (χ3n) is 7.23. The van der Waals surface area contributed by atoms with Crippen LogP contribution in [0.25, 0.3) is 0 Å². The van der Waals surface area contributed by atoms with Gasteiger partial charge in [-0.3, -0.25) is 24.0 Å². The maximum Gasteiger partial charge on any atom is 0.258 e. The Kier molecular flexibility index (Phi) is 13.7. The number of rotatable bonds is 6. The zero-order valence-electron chi connectivity index (χ0n) is 25.9. The molecule has 0 saturated heterocycles. The van der Waals surface area contributed by atoms with Gasteiger partial charge >= 0.3 is 0 Å². The molecular formula is C33H45N5O6. The summed E-state index contributed by atoms with van der Waals surface area (Å²) in [7, 11) is 1.64. The molecule has 238 valence electrons. The quantitative estimate of drug-likeness (QED) is 0.368. The molecule has 2 heterocycles. The number of aryl methyl sites for hydroxylation is 1. The molecule has 0 aromatic heterocycles. The lowest BCUT2D eigenvalue weighted by Gasteiger charge is -2.26. The van der Waals surface area contributed by atoms with Crippen LogP contribution in [0.15, 0.2) is 54.6 Å². The maximum atomic E-state index is 13.2. The van der Waals surface area contributed by atoms with Crippen LogP contribution in [0.4, 0.5) is 0 Å². The lowest BCUT2D eigenvalue weighted by atomic mass is 10.0. The van der Waals surface area contributed by atoms with Gasteiger partial charge in [-0.15, -0.1) is 0 Å². The van der Waals surface area contributed by atoms with Gasteiger partial charge < -0.3 is 30.9 Å². The molecule has 44 heavy (non-hydrogen) atoms. The van der Waals surface area contributed by atoms with Gasteiger partial charge in [0, 0.05) is 45.9 Å². The van der Waals surface area contributed by atoms with Gasteiger partial charge in [-0.2, -0.15) is 0 Å². The average molecular weight is 608 g/mol. The molecular weight excluding hydrogens is 562 g/mol. The Morgan fingerprint density at radius 3 is 2.41 bits per heavy atom. The van der Waals surface area contributed by atoms with Crippen molar-refractivity contribution in [3.63, 3.8) is 0 Å². The number of amides is 5. The molecule has 2 atom stereocenters. The smallest absolute Gasteiger partial charge is 0.258 e. The Hall–Kier alpha value is -4.41. The van der Waals surface area contributed by atoms with Gasteiger partial charge in [0.1, 0.15) is 17.8 Å². The van der Waals surface area contributed by atoms with Gasteiger partial charge in [0.15, 0.2) is 6.61 Å². The van der Waals surface area contributed by atoms with E-state index in [9.17, 15) is 24.0 Å². The van der Waals surface area contributed by atoms with E-state index in [2.05, 4.69) is 21.3 Å². The van der Waals surface area contributed by atoms with Crippen molar-refractivity contribution in [3.05, 3.63) is 65.7 Å². The van der Waals surface area contributed by atoms with E-state index in [1.165, 1.54) is 4.90 Å². The van der Waals surface area contributed by atoms with Crippen LogP contribution in [0.3, 0.4) is 0 Å². The van der Waals surface area contributed by atoms with Crippen LogP contribution in [-0.4, -0.2) is 79.8 Å². The molecule has 11 heteroatoms. The maximum absolute atomic E-state index is 13.2. The largest absolute Gasteiger partial charge is 0.484 e. The summed E-state index contributed by atoms with van der Waals surface area (Å²) in [5.74, 6) is -0.804. The topological polar surface area (TPSA) is 146 Å². The first-order valence-corrected chi connectivity index (χ1v) is 15.2. The standard InChI is InChI=1S/C33H45N5O6/c1-23(2)20-28-33(43)38(3)19-18-34-31(41)22-44-26-14-11-25(12-15-26)21-27(32(42)35-17-7-10-29(39)37-28)36-30(40)16-13-24-8-5-4-6-9-24/h4-6,8-9,11-12,14-15,23,27-28H,7,10,13,16-22H2,1-3H3,(H,34,41)(H,35,42)(H,36,40)(H,37,39)/t27-,28-/m0/s1. The molecule has 11 nitrogen and oxygen atoms in total. The molecule has 0 aliphatic carbocycles. The third-order valence-corrected chi connectivity index (χ3v) is 7.23. The van der Waals surface area contributed by atoms with Crippen molar-refractivity contribution in [3.8, 4) is 5.75 Å². The van der Waals surface area contributed by atoms with E-state index in [1.807, 2.05) is 44.2 Å². The van der Waals surface area contributed by atoms with Gasteiger partial charge in [-0.25, -0.2) is 0 Å². The summed E-state index contributed by atoms with van der Waals surface area (Å²) in [6.07, 6.45) is 1.98. The van der Waals surface area contributed by atoms with Gasteiger partial charge in [0.25, 0.3) is 5.91 Å². The van der Waals surface area contributed by atoms with Crippen LogP contribution >= 0.6 is 0 Å². The monoisotopic (exact) mass is 607 g/mol. The first-order chi connectivity index (χ1) is 21.1. The van der Waals surface area contributed by atoms with Crippen molar-refractivity contribution in [2.75, 3.05) is 33.3 Å². The van der Waals surface area contributed by atoms with Crippen LogP contribution in [-0.2, 0) is 36.8 Å². The van der Waals surface area contributed by atoms with Gasteiger partial charge in [0.05, 0.1) is 0 Å². The van der Waals surface area contributed by atoms with Crippen LogP contribution < -0.4 is 26.0 Å². The molecule has 0 radical (unpaired) electrons. The molecule has 5 amide bonds. The van der Waals surface area contributed by atoms with Crippen molar-refractivity contribution >= 4 is 29.5 Å². The number of hydrogen-bond acceptors (Lipinski definition) is 6. The number of fused-ring (bicyclic) bond motifs is 19. The fourth-order valence-electron chi connectivity index (χ4n) is 4.82. The second kappa shape index (κ2) is 17.6. The molecule has 4 rings (SSSR count). The number of benzene rings is 2. The Bertz CT molecular complexity index is 1250. The van der Waals surface area contributed by atoms with Gasteiger partial charge in [-0.1, -0.05) is 56.3 Å². The Morgan fingerprint density at radius 1 is 0.977 bits per heavy atom. The highest BCUT2D eigenvalue weighted by molar-refractivity contribution is 5.89. The summed E-state index contributed by atoms with van der Waals surface area (Å²) >= 11 is 0. The number of ether oxygens (including phenoxy) is 1. The molecule has 0 unspecified atom stereocenters. The predicted octanol–water partition coefficient (Wildman–Crippen LogP) is 1.74. The second-order valence-corrected chi connectivity index (χ2v) is 11.5. The number of nitrogens with zero attached hydrogens (tertiary/aromatic N) is 1. The Morgan fingerprint density at radius 2 is 1.70 bits per heavy atom. The van der Waals surface area contributed by atoms with E-state index in [1.54, 1.807) is 31.3 Å². The highest BCUT2D eigenvalue weighted by Gasteiger charge is 2.25. The molecule has 2 aromatic rings. The fourth-order valence-corrected chi connectivity index (χ4v) is 4.82. The van der Waals surface area contributed by atoms with E-state index in [-0.39, 0.29) is 81.0 Å². The first-order valence-electron chi connectivity index (χ1n) is 15.2. The molecule has 4 N–H and O–H groups in total. The summed E-state index contributed by atoms with van der Waals surface area (Å²) in [5, 5.41) is 11.3. The number of carbonyl (C=O) groups is 5. The van der Waals surface area contributed by atoms with E-state index in [0.717, 1.165) is 11.1 Å². The minimum Gasteiger partial charge on any atom is -0.484 e. The van der Waals surface area contributed by atoms with Crippen molar-refractivity contribution < 1.29 is 28.7 Å². The fraction of sp³-hybridized carbons (Fsp3) is 0.485. The minimum absolute atomic E-state index is 0.123. The number of likely N-dealkylation sites (N-methyl/N-ethyl adjacent to an activating group) is 1. The summed E-state index contributed by atoms with van der Waals surface area (Å²) in [6, 6.07) is 15.1. The SMILES string of the molecule is CC(C)C[C@@H]1NC(=O)CCCNC(=O)[C@@H](NC(=O)CCc2ccccc2)Cc2ccc(cc2)OCC(=O)NCCN(C)C1=O. The molecule has 0 spiro atoms. The zero-order valence-corrected chi connectivity index (χ0v) is 25.9. The lowest BCUT2D eigenvalue weighted by Crippen LogP contribution is -2.50. The van der Waals surface area contributed by atoms with Crippen molar-refractivity contribution in [2.45, 2.75) is 64.5 Å². The first kappa shape index (κ1) is 34.1. The highest BCUT2D eigenvalue weighted by atomic mass is 16.5. The van der Waals surface area contributed by atoms with Crippen molar-refractivity contribution in [1.82, 2.24) is 26.2 Å². The average Bonchev–Trinajstić information content (AvgIpc) is 3.00. The van der Waals surface area contributed by atoms with Crippen LogP contribution in [0.1, 0.15) is 50.7 Å².